The fourth-order valence-electron chi connectivity index (χ4n) is 2.31. The van der Waals surface area contributed by atoms with Gasteiger partial charge in [-0.15, -0.1) is 0 Å². The van der Waals surface area contributed by atoms with Gasteiger partial charge >= 0.3 is 0 Å². The van der Waals surface area contributed by atoms with Crippen LogP contribution in [0, 0.1) is 5.82 Å². The van der Waals surface area contributed by atoms with Crippen LogP contribution in [0.4, 0.5) is 4.39 Å². The second-order valence-electron chi connectivity index (χ2n) is 5.46. The maximum atomic E-state index is 13.5. The third kappa shape index (κ3) is 5.66. The summed E-state index contributed by atoms with van der Waals surface area (Å²) in [5.74, 6) is -0.325. The summed E-state index contributed by atoms with van der Waals surface area (Å²) in [6, 6.07) is 14.2. The Kier molecular flexibility index (Phi) is 6.56. The van der Waals surface area contributed by atoms with Gasteiger partial charge in [0.25, 0.3) is 0 Å². The average molecular weight is 335 g/mol. The molecule has 0 bridgehead atoms. The molecule has 0 heterocycles. The molecule has 23 heavy (non-hydrogen) atoms. The van der Waals surface area contributed by atoms with Crippen molar-refractivity contribution in [3.05, 3.63) is 70.5 Å². The first kappa shape index (κ1) is 17.4. The summed E-state index contributed by atoms with van der Waals surface area (Å²) in [7, 11) is 1.86. The van der Waals surface area contributed by atoms with E-state index >= 15 is 0 Å². The van der Waals surface area contributed by atoms with Gasteiger partial charge in [0.1, 0.15) is 5.82 Å². The van der Waals surface area contributed by atoms with Gasteiger partial charge < -0.3 is 5.32 Å². The second kappa shape index (κ2) is 8.65. The van der Waals surface area contributed by atoms with Gasteiger partial charge in [-0.05, 0) is 36.7 Å². The molecule has 0 aliphatic heterocycles. The van der Waals surface area contributed by atoms with Gasteiger partial charge in [0.2, 0.25) is 5.91 Å². The molecule has 0 fully saturated rings. The molecule has 2 rings (SSSR count). The molecule has 3 nitrogen and oxygen atoms in total. The van der Waals surface area contributed by atoms with Crippen molar-refractivity contribution in [2.24, 2.45) is 0 Å². The van der Waals surface area contributed by atoms with E-state index in [-0.39, 0.29) is 18.3 Å². The number of likely N-dealkylation sites (N-methyl/N-ethyl adjacent to an activating group) is 1. The number of halogens is 2. The highest BCUT2D eigenvalue weighted by molar-refractivity contribution is 6.31. The summed E-state index contributed by atoms with van der Waals surface area (Å²) in [4.78, 5) is 13.8. The van der Waals surface area contributed by atoms with Crippen molar-refractivity contribution in [1.29, 1.82) is 0 Å². The molecule has 2 aromatic carbocycles. The molecule has 0 atom stereocenters. The average Bonchev–Trinajstić information content (AvgIpc) is 2.51. The first-order valence-corrected chi connectivity index (χ1v) is 7.86. The summed E-state index contributed by atoms with van der Waals surface area (Å²) in [5.41, 5.74) is 1.59. The van der Waals surface area contributed by atoms with E-state index in [2.05, 4.69) is 5.32 Å². The van der Waals surface area contributed by atoms with Crippen molar-refractivity contribution in [2.75, 3.05) is 20.1 Å². The Morgan fingerprint density at radius 1 is 1.13 bits per heavy atom. The van der Waals surface area contributed by atoms with E-state index in [1.807, 2.05) is 36.2 Å². The van der Waals surface area contributed by atoms with Crippen LogP contribution in [0.25, 0.3) is 0 Å². The zero-order valence-electron chi connectivity index (χ0n) is 13.1. The van der Waals surface area contributed by atoms with Gasteiger partial charge in [0.05, 0.1) is 6.54 Å². The number of carbonyl (C=O) groups is 1. The van der Waals surface area contributed by atoms with Crippen LogP contribution in [-0.4, -0.2) is 30.9 Å². The van der Waals surface area contributed by atoms with E-state index in [0.717, 1.165) is 5.56 Å². The topological polar surface area (TPSA) is 32.3 Å². The molecule has 0 aliphatic rings. The van der Waals surface area contributed by atoms with Gasteiger partial charge in [-0.25, -0.2) is 4.39 Å². The predicted octanol–water partition coefficient (Wildman–Crippen LogP) is 3.27. The Morgan fingerprint density at radius 3 is 2.48 bits per heavy atom. The Bertz CT molecular complexity index is 663. The number of benzene rings is 2. The summed E-state index contributed by atoms with van der Waals surface area (Å²) < 4.78 is 13.5. The summed E-state index contributed by atoms with van der Waals surface area (Å²) in [6.45, 7) is 1.28. The molecule has 5 heteroatoms. The van der Waals surface area contributed by atoms with Gasteiger partial charge in [-0.3, -0.25) is 9.69 Å². The lowest BCUT2D eigenvalue weighted by atomic mass is 10.1. The molecule has 1 amide bonds. The number of carbonyl (C=O) groups excluding carboxylic acids is 1. The number of hydrogen-bond donors (Lipinski definition) is 1. The van der Waals surface area contributed by atoms with Crippen LogP contribution in [0.3, 0.4) is 0 Å². The fourth-order valence-corrected chi connectivity index (χ4v) is 2.51. The minimum Gasteiger partial charge on any atom is -0.355 e. The lowest BCUT2D eigenvalue weighted by Crippen LogP contribution is -2.35. The quantitative estimate of drug-likeness (QED) is 0.843. The standard InChI is InChI=1S/C18H20ClFN2O/c1-22(12-15-7-2-4-8-16(15)19)13-18(23)21-11-10-14-6-3-5-9-17(14)20/h2-9H,10-13H2,1H3,(H,21,23). The number of amides is 1. The van der Waals surface area contributed by atoms with E-state index in [4.69, 9.17) is 11.6 Å². The molecule has 0 radical (unpaired) electrons. The van der Waals surface area contributed by atoms with E-state index in [0.29, 0.717) is 30.1 Å². The normalized spacial score (nSPS) is 10.8. The highest BCUT2D eigenvalue weighted by Crippen LogP contribution is 2.16. The van der Waals surface area contributed by atoms with Crippen molar-refractivity contribution in [2.45, 2.75) is 13.0 Å². The third-order valence-corrected chi connectivity index (χ3v) is 3.85. The van der Waals surface area contributed by atoms with E-state index in [9.17, 15) is 9.18 Å². The molecular weight excluding hydrogens is 315 g/mol. The summed E-state index contributed by atoms with van der Waals surface area (Å²) in [6.07, 6.45) is 0.479. The van der Waals surface area contributed by atoms with Crippen LogP contribution in [-0.2, 0) is 17.8 Å². The highest BCUT2D eigenvalue weighted by atomic mass is 35.5. The van der Waals surface area contributed by atoms with E-state index in [1.54, 1.807) is 18.2 Å². The first-order chi connectivity index (χ1) is 11.1. The van der Waals surface area contributed by atoms with Gasteiger partial charge in [0.15, 0.2) is 0 Å². The van der Waals surface area contributed by atoms with Gasteiger partial charge in [-0.1, -0.05) is 48.0 Å². The largest absolute Gasteiger partial charge is 0.355 e. The lowest BCUT2D eigenvalue weighted by Gasteiger charge is -2.17. The maximum Gasteiger partial charge on any atom is 0.234 e. The molecular formula is C18H20ClFN2O. The van der Waals surface area contributed by atoms with Crippen LogP contribution in [0.1, 0.15) is 11.1 Å². The minimum absolute atomic E-state index is 0.0871. The SMILES string of the molecule is CN(CC(=O)NCCc1ccccc1F)Cc1ccccc1Cl. The van der Waals surface area contributed by atoms with Crippen LogP contribution in [0.15, 0.2) is 48.5 Å². The van der Waals surface area contributed by atoms with Crippen molar-refractivity contribution in [3.63, 3.8) is 0 Å². The maximum absolute atomic E-state index is 13.5. The van der Waals surface area contributed by atoms with Crippen LogP contribution >= 0.6 is 11.6 Å². The molecule has 2 aromatic rings. The summed E-state index contributed by atoms with van der Waals surface area (Å²) >= 11 is 6.11. The van der Waals surface area contributed by atoms with Crippen LogP contribution in [0.5, 0.6) is 0 Å². The van der Waals surface area contributed by atoms with Gasteiger partial charge in [-0.2, -0.15) is 0 Å². The second-order valence-corrected chi connectivity index (χ2v) is 5.86. The smallest absolute Gasteiger partial charge is 0.234 e. The van der Waals surface area contributed by atoms with Crippen molar-refractivity contribution in [1.82, 2.24) is 10.2 Å². The molecule has 0 saturated carbocycles. The van der Waals surface area contributed by atoms with Crippen molar-refractivity contribution in [3.8, 4) is 0 Å². The molecule has 0 saturated heterocycles. The molecule has 1 N–H and O–H groups in total. The lowest BCUT2D eigenvalue weighted by molar-refractivity contribution is -0.122. The fraction of sp³-hybridized carbons (Fsp3) is 0.278. The van der Waals surface area contributed by atoms with E-state index < -0.39 is 0 Å². The monoisotopic (exact) mass is 334 g/mol. The Morgan fingerprint density at radius 2 is 1.78 bits per heavy atom. The van der Waals surface area contributed by atoms with E-state index in [1.165, 1.54) is 6.07 Å². The Hall–Kier alpha value is -1.91. The highest BCUT2D eigenvalue weighted by Gasteiger charge is 2.09. The zero-order chi connectivity index (χ0) is 16.7. The molecule has 0 aromatic heterocycles. The molecule has 0 aliphatic carbocycles. The van der Waals surface area contributed by atoms with Crippen LogP contribution < -0.4 is 5.32 Å². The van der Waals surface area contributed by atoms with Crippen molar-refractivity contribution < 1.29 is 9.18 Å². The molecule has 0 unspecified atom stereocenters. The van der Waals surface area contributed by atoms with Crippen LogP contribution in [0.2, 0.25) is 5.02 Å². The number of rotatable bonds is 7. The number of hydrogen-bond acceptors (Lipinski definition) is 2. The third-order valence-electron chi connectivity index (χ3n) is 3.49. The summed E-state index contributed by atoms with van der Waals surface area (Å²) in [5, 5.41) is 3.50. The number of nitrogens with zero attached hydrogens (tertiary/aromatic N) is 1. The number of nitrogens with one attached hydrogen (secondary N) is 1. The van der Waals surface area contributed by atoms with Gasteiger partial charge in [0, 0.05) is 18.1 Å². The predicted molar refractivity (Wildman–Crippen MR) is 90.9 cm³/mol. The Balaban J connectivity index is 1.74. The Labute approximate surface area is 141 Å². The van der Waals surface area contributed by atoms with Crippen molar-refractivity contribution >= 4 is 17.5 Å². The molecule has 122 valence electrons. The first-order valence-electron chi connectivity index (χ1n) is 7.48. The minimum atomic E-state index is -0.238. The molecule has 0 spiro atoms. The zero-order valence-corrected chi connectivity index (χ0v) is 13.8.